The molecule has 2 fully saturated rings. The van der Waals surface area contributed by atoms with Crippen LogP contribution in [0, 0.1) is 5.92 Å². The van der Waals surface area contributed by atoms with Gasteiger partial charge in [0.25, 0.3) is 0 Å². The van der Waals surface area contributed by atoms with Crippen LogP contribution in [0.2, 0.25) is 5.02 Å². The van der Waals surface area contributed by atoms with Crippen LogP contribution in [0.3, 0.4) is 0 Å². The van der Waals surface area contributed by atoms with Gasteiger partial charge in [-0.2, -0.15) is 0 Å². The summed E-state index contributed by atoms with van der Waals surface area (Å²) in [6, 6.07) is 7.93. The van der Waals surface area contributed by atoms with E-state index in [0.29, 0.717) is 31.2 Å². The van der Waals surface area contributed by atoms with Crippen LogP contribution < -0.4 is 5.32 Å². The number of carbonyl (C=O) groups excluding carboxylic acids is 1. The highest BCUT2D eigenvalue weighted by atomic mass is 35.5. The SMILES string of the molecule is O=C(C[C@H]1CCCC[C@@H]1O)NC[C@@H](c1cccc(Cl)c1)N1CCOCC1. The molecule has 1 aromatic carbocycles. The lowest BCUT2D eigenvalue weighted by Crippen LogP contribution is -2.44. The second-order valence-corrected chi connectivity index (χ2v) is 7.78. The monoisotopic (exact) mass is 380 g/mol. The summed E-state index contributed by atoms with van der Waals surface area (Å²) in [5.74, 6) is 0.119. The van der Waals surface area contributed by atoms with Crippen molar-refractivity contribution in [3.63, 3.8) is 0 Å². The van der Waals surface area contributed by atoms with Gasteiger partial charge in [0.15, 0.2) is 0 Å². The second-order valence-electron chi connectivity index (χ2n) is 7.34. The molecule has 144 valence electrons. The van der Waals surface area contributed by atoms with E-state index in [1.165, 1.54) is 0 Å². The van der Waals surface area contributed by atoms with Crippen LogP contribution in [0.25, 0.3) is 0 Å². The van der Waals surface area contributed by atoms with Crippen LogP contribution in [0.5, 0.6) is 0 Å². The van der Waals surface area contributed by atoms with Gasteiger partial charge in [-0.15, -0.1) is 0 Å². The minimum Gasteiger partial charge on any atom is -0.393 e. The number of benzene rings is 1. The van der Waals surface area contributed by atoms with Crippen LogP contribution in [-0.4, -0.2) is 54.9 Å². The average Bonchev–Trinajstić information content (AvgIpc) is 2.65. The molecule has 2 aliphatic rings. The van der Waals surface area contributed by atoms with Crippen molar-refractivity contribution in [2.45, 2.75) is 44.2 Å². The number of halogens is 1. The minimum absolute atomic E-state index is 0.0243. The number of hydrogen-bond donors (Lipinski definition) is 2. The highest BCUT2D eigenvalue weighted by Crippen LogP contribution is 2.27. The van der Waals surface area contributed by atoms with E-state index in [1.54, 1.807) is 0 Å². The molecular weight excluding hydrogens is 352 g/mol. The van der Waals surface area contributed by atoms with Crippen molar-refractivity contribution in [2.24, 2.45) is 5.92 Å². The molecule has 1 heterocycles. The number of nitrogens with one attached hydrogen (secondary N) is 1. The Morgan fingerprint density at radius 2 is 2.08 bits per heavy atom. The quantitative estimate of drug-likeness (QED) is 0.796. The predicted molar refractivity (Wildman–Crippen MR) is 102 cm³/mol. The number of ether oxygens (including phenoxy) is 1. The molecule has 3 rings (SSSR count). The molecule has 26 heavy (non-hydrogen) atoms. The molecule has 1 amide bonds. The van der Waals surface area contributed by atoms with Gasteiger partial charge in [0.1, 0.15) is 0 Å². The highest BCUT2D eigenvalue weighted by molar-refractivity contribution is 6.30. The van der Waals surface area contributed by atoms with Crippen LogP contribution in [0.1, 0.15) is 43.7 Å². The van der Waals surface area contributed by atoms with Crippen molar-refractivity contribution in [1.82, 2.24) is 10.2 Å². The molecule has 1 aromatic rings. The third-order valence-electron chi connectivity index (χ3n) is 5.53. The fourth-order valence-electron chi connectivity index (χ4n) is 4.01. The van der Waals surface area contributed by atoms with Gasteiger partial charge in [-0.3, -0.25) is 9.69 Å². The smallest absolute Gasteiger partial charge is 0.220 e. The normalized spacial score (nSPS) is 25.6. The predicted octanol–water partition coefficient (Wildman–Crippen LogP) is 2.77. The third kappa shape index (κ3) is 5.43. The fraction of sp³-hybridized carbons (Fsp3) is 0.650. The first kappa shape index (κ1) is 19.6. The van der Waals surface area contributed by atoms with E-state index < -0.39 is 0 Å². The summed E-state index contributed by atoms with van der Waals surface area (Å²) in [5.41, 5.74) is 1.11. The summed E-state index contributed by atoms with van der Waals surface area (Å²) >= 11 is 6.18. The van der Waals surface area contributed by atoms with E-state index in [0.717, 1.165) is 44.3 Å². The Balaban J connectivity index is 1.60. The molecule has 0 spiro atoms. The topological polar surface area (TPSA) is 61.8 Å². The Kier molecular flexibility index (Phi) is 7.32. The molecule has 6 heteroatoms. The lowest BCUT2D eigenvalue weighted by Gasteiger charge is -2.35. The summed E-state index contributed by atoms with van der Waals surface area (Å²) in [6.07, 6.45) is 4.00. The summed E-state index contributed by atoms with van der Waals surface area (Å²) in [6.45, 7) is 3.64. The molecule has 0 aromatic heterocycles. The van der Waals surface area contributed by atoms with E-state index in [4.69, 9.17) is 16.3 Å². The number of nitrogens with zero attached hydrogens (tertiary/aromatic N) is 1. The number of aliphatic hydroxyl groups is 1. The van der Waals surface area contributed by atoms with Crippen molar-refractivity contribution in [2.75, 3.05) is 32.8 Å². The Hall–Kier alpha value is -1.14. The van der Waals surface area contributed by atoms with Crippen LogP contribution >= 0.6 is 11.6 Å². The lowest BCUT2D eigenvalue weighted by atomic mass is 9.84. The highest BCUT2D eigenvalue weighted by Gasteiger charge is 2.27. The number of amides is 1. The van der Waals surface area contributed by atoms with Gasteiger partial charge in [-0.1, -0.05) is 36.6 Å². The molecule has 0 radical (unpaired) electrons. The van der Waals surface area contributed by atoms with Crippen LogP contribution in [0.15, 0.2) is 24.3 Å². The molecule has 1 aliphatic heterocycles. The van der Waals surface area contributed by atoms with E-state index >= 15 is 0 Å². The lowest BCUT2D eigenvalue weighted by molar-refractivity contribution is -0.123. The van der Waals surface area contributed by atoms with Crippen molar-refractivity contribution < 1.29 is 14.6 Å². The maximum atomic E-state index is 12.5. The second kappa shape index (κ2) is 9.70. The maximum absolute atomic E-state index is 12.5. The van der Waals surface area contributed by atoms with Crippen molar-refractivity contribution in [1.29, 1.82) is 0 Å². The Bertz CT molecular complexity index is 592. The fourth-order valence-corrected chi connectivity index (χ4v) is 4.21. The standard InChI is InChI=1S/C20H29ClN2O3/c21-17-6-3-5-15(12-17)18(23-8-10-26-11-9-23)14-22-20(25)13-16-4-1-2-7-19(16)24/h3,5-6,12,16,18-19,24H,1-2,4,7-11,13-14H2,(H,22,25)/t16-,18+,19+/m1/s1. The van der Waals surface area contributed by atoms with Gasteiger partial charge in [0.2, 0.25) is 5.91 Å². The third-order valence-corrected chi connectivity index (χ3v) is 5.76. The molecule has 5 nitrogen and oxygen atoms in total. The number of hydrogen-bond acceptors (Lipinski definition) is 4. The maximum Gasteiger partial charge on any atom is 0.220 e. The van der Waals surface area contributed by atoms with E-state index in [1.807, 2.05) is 18.2 Å². The molecule has 1 aliphatic carbocycles. The zero-order valence-electron chi connectivity index (χ0n) is 15.2. The number of rotatable bonds is 6. The Morgan fingerprint density at radius 1 is 1.31 bits per heavy atom. The van der Waals surface area contributed by atoms with Crippen molar-refractivity contribution in [3.8, 4) is 0 Å². The summed E-state index contributed by atoms with van der Waals surface area (Å²) in [5, 5.41) is 13.9. The van der Waals surface area contributed by atoms with Gasteiger partial charge in [-0.25, -0.2) is 0 Å². The van der Waals surface area contributed by atoms with E-state index in [9.17, 15) is 9.90 Å². The van der Waals surface area contributed by atoms with Gasteiger partial charge >= 0.3 is 0 Å². The van der Waals surface area contributed by atoms with E-state index in [2.05, 4.69) is 16.3 Å². The summed E-state index contributed by atoms with van der Waals surface area (Å²) in [7, 11) is 0. The molecule has 1 saturated carbocycles. The first-order valence-electron chi connectivity index (χ1n) is 9.65. The molecule has 0 bridgehead atoms. The van der Waals surface area contributed by atoms with Crippen molar-refractivity contribution >= 4 is 17.5 Å². The first-order chi connectivity index (χ1) is 12.6. The van der Waals surface area contributed by atoms with Crippen LogP contribution in [0.4, 0.5) is 0 Å². The molecule has 2 N–H and O–H groups in total. The summed E-state index contributed by atoms with van der Waals surface area (Å²) in [4.78, 5) is 14.8. The Morgan fingerprint density at radius 3 is 2.81 bits per heavy atom. The zero-order chi connectivity index (χ0) is 18.4. The zero-order valence-corrected chi connectivity index (χ0v) is 16.0. The number of carbonyl (C=O) groups is 1. The minimum atomic E-state index is -0.336. The van der Waals surface area contributed by atoms with Gasteiger partial charge < -0.3 is 15.2 Å². The van der Waals surface area contributed by atoms with Gasteiger partial charge in [-0.05, 0) is 36.5 Å². The largest absolute Gasteiger partial charge is 0.393 e. The molecule has 3 atom stereocenters. The number of morpholine rings is 1. The van der Waals surface area contributed by atoms with Gasteiger partial charge in [0, 0.05) is 31.1 Å². The molecular formula is C20H29ClN2O3. The van der Waals surface area contributed by atoms with Crippen molar-refractivity contribution in [3.05, 3.63) is 34.9 Å². The van der Waals surface area contributed by atoms with E-state index in [-0.39, 0.29) is 24.0 Å². The van der Waals surface area contributed by atoms with Crippen LogP contribution in [-0.2, 0) is 9.53 Å². The molecule has 0 unspecified atom stereocenters. The Labute approximate surface area is 160 Å². The summed E-state index contributed by atoms with van der Waals surface area (Å²) < 4.78 is 5.46. The average molecular weight is 381 g/mol. The van der Waals surface area contributed by atoms with Gasteiger partial charge in [0.05, 0.1) is 25.4 Å². The number of aliphatic hydroxyl groups excluding tert-OH is 1. The molecule has 1 saturated heterocycles. The first-order valence-corrected chi connectivity index (χ1v) is 10.0.